The number of nitrogens with one attached hydrogen (secondary N) is 2. The average molecular weight is 380 g/mol. The Hall–Kier alpha value is -2.97. The lowest BCUT2D eigenvalue weighted by molar-refractivity contribution is 0.475. The van der Waals surface area contributed by atoms with Crippen LogP contribution in [0.1, 0.15) is 10.4 Å². The highest BCUT2D eigenvalue weighted by molar-refractivity contribution is 7.16. The molecule has 0 amide bonds. The first-order valence-electron chi connectivity index (χ1n) is 8.74. The van der Waals surface area contributed by atoms with Crippen molar-refractivity contribution in [3.63, 3.8) is 0 Å². The molecule has 138 valence electrons. The summed E-state index contributed by atoms with van der Waals surface area (Å²) in [5.74, 6) is 1.92. The van der Waals surface area contributed by atoms with Gasteiger partial charge in [-0.3, -0.25) is 0 Å². The first kappa shape index (κ1) is 17.4. The van der Waals surface area contributed by atoms with Gasteiger partial charge >= 0.3 is 0 Å². The van der Waals surface area contributed by atoms with E-state index >= 15 is 0 Å². The summed E-state index contributed by atoms with van der Waals surface area (Å²) in [6.07, 6.45) is 7.31. The predicted molar refractivity (Wildman–Crippen MR) is 110 cm³/mol. The summed E-state index contributed by atoms with van der Waals surface area (Å²) in [6, 6.07) is 9.08. The van der Waals surface area contributed by atoms with Crippen molar-refractivity contribution in [2.75, 3.05) is 36.4 Å². The number of thiazole rings is 1. The minimum absolute atomic E-state index is 0.257. The van der Waals surface area contributed by atoms with Gasteiger partial charge in [0.15, 0.2) is 5.13 Å². The molecule has 7 nitrogen and oxygen atoms in total. The summed E-state index contributed by atoms with van der Waals surface area (Å²) in [6.45, 7) is 3.82. The standard InChI is InChI=1S/C19H20N6OS/c26-15-3-1-2-14(10-15)4-5-16-12-21-19(27-16)24-17-11-18(23-13-22-17)25-8-6-20-7-9-25/h1-5,10-13,20,26H,6-9H2,(H,21,22,23,24)/b5-4+. The number of aromatic hydroxyl groups is 1. The van der Waals surface area contributed by atoms with Gasteiger partial charge in [0.2, 0.25) is 0 Å². The zero-order chi connectivity index (χ0) is 18.5. The largest absolute Gasteiger partial charge is 0.508 e. The second-order valence-electron chi connectivity index (χ2n) is 6.12. The number of anilines is 3. The van der Waals surface area contributed by atoms with Crippen LogP contribution >= 0.6 is 11.3 Å². The van der Waals surface area contributed by atoms with Gasteiger partial charge in [0.25, 0.3) is 0 Å². The molecular weight excluding hydrogens is 360 g/mol. The maximum atomic E-state index is 9.52. The first-order chi connectivity index (χ1) is 13.3. The summed E-state index contributed by atoms with van der Waals surface area (Å²) >= 11 is 1.54. The van der Waals surface area contributed by atoms with E-state index in [9.17, 15) is 5.11 Å². The van der Waals surface area contributed by atoms with Crippen LogP contribution in [0.5, 0.6) is 5.75 Å². The minimum Gasteiger partial charge on any atom is -0.508 e. The number of aromatic nitrogens is 3. The Bertz CT molecular complexity index is 935. The summed E-state index contributed by atoms with van der Waals surface area (Å²) in [4.78, 5) is 16.3. The molecule has 0 spiro atoms. The highest BCUT2D eigenvalue weighted by Gasteiger charge is 2.12. The summed E-state index contributed by atoms with van der Waals surface area (Å²) in [5.41, 5.74) is 0.939. The van der Waals surface area contributed by atoms with Crippen LogP contribution in [0, 0.1) is 0 Å². The molecule has 0 bridgehead atoms. The third-order valence-electron chi connectivity index (χ3n) is 4.16. The van der Waals surface area contributed by atoms with Gasteiger partial charge in [-0.1, -0.05) is 29.5 Å². The quantitative estimate of drug-likeness (QED) is 0.627. The molecule has 1 aromatic carbocycles. The van der Waals surface area contributed by atoms with Gasteiger partial charge in [0.05, 0.1) is 0 Å². The van der Waals surface area contributed by atoms with Crippen molar-refractivity contribution in [3.8, 4) is 5.75 Å². The SMILES string of the molecule is Oc1cccc(/C=C/c2cnc(Nc3cc(N4CCNCC4)ncn3)s2)c1. The molecule has 4 rings (SSSR count). The van der Waals surface area contributed by atoms with Gasteiger partial charge in [-0.2, -0.15) is 0 Å². The molecule has 27 heavy (non-hydrogen) atoms. The molecule has 0 saturated carbocycles. The van der Waals surface area contributed by atoms with Crippen molar-refractivity contribution < 1.29 is 5.11 Å². The number of phenols is 1. The van der Waals surface area contributed by atoms with E-state index in [1.165, 1.54) is 11.3 Å². The Labute approximate surface area is 161 Å². The van der Waals surface area contributed by atoms with E-state index in [-0.39, 0.29) is 5.75 Å². The fourth-order valence-corrected chi connectivity index (χ4v) is 3.55. The van der Waals surface area contributed by atoms with E-state index in [0.717, 1.165) is 53.4 Å². The minimum atomic E-state index is 0.257. The number of benzene rings is 1. The lowest BCUT2D eigenvalue weighted by Gasteiger charge is -2.28. The predicted octanol–water partition coefficient (Wildman–Crippen LogP) is 2.96. The van der Waals surface area contributed by atoms with Crippen molar-refractivity contribution in [2.24, 2.45) is 0 Å². The van der Waals surface area contributed by atoms with E-state index in [0.29, 0.717) is 0 Å². The normalized spacial score (nSPS) is 14.6. The van der Waals surface area contributed by atoms with Crippen LogP contribution < -0.4 is 15.5 Å². The van der Waals surface area contributed by atoms with Crippen LogP contribution in [-0.4, -0.2) is 46.2 Å². The molecule has 1 aliphatic rings. The molecular formula is C19H20N6OS. The Morgan fingerprint density at radius 3 is 2.85 bits per heavy atom. The average Bonchev–Trinajstić information content (AvgIpc) is 3.15. The second-order valence-corrected chi connectivity index (χ2v) is 7.18. The van der Waals surface area contributed by atoms with Gasteiger partial charge in [-0.05, 0) is 23.8 Å². The van der Waals surface area contributed by atoms with Crippen LogP contribution in [-0.2, 0) is 0 Å². The van der Waals surface area contributed by atoms with Gasteiger partial charge in [0.1, 0.15) is 23.7 Å². The molecule has 1 saturated heterocycles. The van der Waals surface area contributed by atoms with Gasteiger partial charge in [0, 0.05) is 43.3 Å². The van der Waals surface area contributed by atoms with Gasteiger partial charge in [-0.15, -0.1) is 0 Å². The Kier molecular flexibility index (Phi) is 5.27. The van der Waals surface area contributed by atoms with Crippen molar-refractivity contribution in [2.45, 2.75) is 0 Å². The van der Waals surface area contributed by atoms with E-state index < -0.39 is 0 Å². The lowest BCUT2D eigenvalue weighted by Crippen LogP contribution is -2.43. The molecule has 3 aromatic rings. The Morgan fingerprint density at radius 2 is 2.00 bits per heavy atom. The van der Waals surface area contributed by atoms with Crippen LogP contribution in [0.25, 0.3) is 12.2 Å². The number of phenolic OH excluding ortho intramolecular Hbond substituents is 1. The topological polar surface area (TPSA) is 86.2 Å². The zero-order valence-electron chi connectivity index (χ0n) is 14.7. The van der Waals surface area contributed by atoms with E-state index in [1.807, 2.05) is 36.5 Å². The highest BCUT2D eigenvalue weighted by atomic mass is 32.1. The molecule has 0 unspecified atom stereocenters. The van der Waals surface area contributed by atoms with Crippen molar-refractivity contribution in [3.05, 3.63) is 53.3 Å². The highest BCUT2D eigenvalue weighted by Crippen LogP contribution is 2.25. The van der Waals surface area contributed by atoms with E-state index in [1.54, 1.807) is 18.5 Å². The maximum absolute atomic E-state index is 9.52. The molecule has 1 aliphatic heterocycles. The van der Waals surface area contributed by atoms with Crippen LogP contribution in [0.3, 0.4) is 0 Å². The summed E-state index contributed by atoms with van der Waals surface area (Å²) in [5, 5.41) is 16.9. The second kappa shape index (κ2) is 8.15. The van der Waals surface area contributed by atoms with Crippen molar-refractivity contribution >= 4 is 40.3 Å². The maximum Gasteiger partial charge on any atom is 0.188 e. The summed E-state index contributed by atoms with van der Waals surface area (Å²) in [7, 11) is 0. The first-order valence-corrected chi connectivity index (χ1v) is 9.56. The number of rotatable bonds is 5. The lowest BCUT2D eigenvalue weighted by atomic mass is 10.2. The monoisotopic (exact) mass is 380 g/mol. The number of hydrogen-bond donors (Lipinski definition) is 3. The Morgan fingerprint density at radius 1 is 1.11 bits per heavy atom. The van der Waals surface area contributed by atoms with Crippen LogP contribution in [0.2, 0.25) is 0 Å². The smallest absolute Gasteiger partial charge is 0.188 e. The number of piperazine rings is 1. The van der Waals surface area contributed by atoms with Crippen molar-refractivity contribution in [1.82, 2.24) is 20.3 Å². The van der Waals surface area contributed by atoms with Crippen molar-refractivity contribution in [1.29, 1.82) is 0 Å². The summed E-state index contributed by atoms with van der Waals surface area (Å²) < 4.78 is 0. The number of nitrogens with zero attached hydrogens (tertiary/aromatic N) is 4. The third-order valence-corrected chi connectivity index (χ3v) is 5.04. The fourth-order valence-electron chi connectivity index (χ4n) is 2.82. The molecule has 1 fully saturated rings. The molecule has 0 aliphatic carbocycles. The molecule has 2 aromatic heterocycles. The zero-order valence-corrected chi connectivity index (χ0v) is 15.5. The third kappa shape index (κ3) is 4.60. The molecule has 8 heteroatoms. The van der Waals surface area contributed by atoms with E-state index in [2.05, 4.69) is 30.5 Å². The van der Waals surface area contributed by atoms with Gasteiger partial charge < -0.3 is 20.6 Å². The number of hydrogen-bond acceptors (Lipinski definition) is 8. The van der Waals surface area contributed by atoms with Crippen LogP contribution in [0.4, 0.5) is 16.8 Å². The molecule has 0 radical (unpaired) electrons. The molecule has 3 N–H and O–H groups in total. The Balaban J connectivity index is 1.43. The van der Waals surface area contributed by atoms with E-state index in [4.69, 9.17) is 0 Å². The molecule has 0 atom stereocenters. The van der Waals surface area contributed by atoms with Crippen LogP contribution in [0.15, 0.2) is 42.9 Å². The van der Waals surface area contributed by atoms with Gasteiger partial charge in [-0.25, -0.2) is 15.0 Å². The fraction of sp³-hybridized carbons (Fsp3) is 0.211. The molecule has 3 heterocycles.